The van der Waals surface area contributed by atoms with Crippen molar-refractivity contribution in [3.63, 3.8) is 0 Å². The highest BCUT2D eigenvalue weighted by Gasteiger charge is 2.13. The molecule has 2 heteroatoms. The average Bonchev–Trinajstić information content (AvgIpc) is 2.63. The van der Waals surface area contributed by atoms with E-state index in [1.165, 1.54) is 22.3 Å². The maximum absolute atomic E-state index is 5.33. The Bertz CT molecular complexity index is 696. The van der Waals surface area contributed by atoms with Crippen LogP contribution in [0.2, 0.25) is 0 Å². The molecule has 2 aromatic rings. The van der Waals surface area contributed by atoms with Gasteiger partial charge in [-0.3, -0.25) is 0 Å². The summed E-state index contributed by atoms with van der Waals surface area (Å²) in [6, 6.07) is 17.8. The maximum atomic E-state index is 5.33. The van der Waals surface area contributed by atoms with Gasteiger partial charge in [-0.2, -0.15) is 0 Å². The van der Waals surface area contributed by atoms with Gasteiger partial charge in [0, 0.05) is 6.42 Å². The van der Waals surface area contributed by atoms with E-state index in [2.05, 4.69) is 67.6 Å². The number of halogens is 1. The summed E-state index contributed by atoms with van der Waals surface area (Å²) < 4.78 is 5.33. The van der Waals surface area contributed by atoms with Gasteiger partial charge < -0.3 is 3.07 Å². The van der Waals surface area contributed by atoms with Gasteiger partial charge in [-0.1, -0.05) is 67.6 Å². The van der Waals surface area contributed by atoms with Crippen molar-refractivity contribution in [1.82, 2.24) is 0 Å². The van der Waals surface area contributed by atoms with Crippen LogP contribution in [0.4, 0.5) is 0 Å². The molecule has 0 heterocycles. The van der Waals surface area contributed by atoms with Crippen LogP contribution in [-0.4, -0.2) is 0 Å². The first-order chi connectivity index (χ1) is 11.3. The van der Waals surface area contributed by atoms with Gasteiger partial charge in [0.1, 0.15) is 5.76 Å². The van der Waals surface area contributed by atoms with Crippen molar-refractivity contribution in [2.75, 3.05) is 0 Å². The Morgan fingerprint density at radius 1 is 0.957 bits per heavy atom. The molecular formula is C21H21IO. The SMILES string of the molecule is CCc1ccc(-c2ccc(CC3C=CC=C(OI)C3)cc2)cc1. The molecule has 1 aliphatic rings. The summed E-state index contributed by atoms with van der Waals surface area (Å²) in [7, 11) is 0. The van der Waals surface area contributed by atoms with Crippen molar-refractivity contribution < 1.29 is 3.07 Å². The Hall–Kier alpha value is -1.55. The molecule has 0 fully saturated rings. The largest absolute Gasteiger partial charge is 0.432 e. The third-order valence-electron chi connectivity index (χ3n) is 4.38. The minimum absolute atomic E-state index is 0.527. The van der Waals surface area contributed by atoms with Crippen LogP contribution in [0.1, 0.15) is 24.5 Å². The highest BCUT2D eigenvalue weighted by molar-refractivity contribution is 14.1. The Labute approximate surface area is 152 Å². The van der Waals surface area contributed by atoms with Crippen molar-refractivity contribution in [2.24, 2.45) is 5.92 Å². The number of allylic oxidation sites excluding steroid dienone is 4. The van der Waals surface area contributed by atoms with Crippen LogP contribution in [0.15, 0.2) is 72.5 Å². The van der Waals surface area contributed by atoms with E-state index in [9.17, 15) is 0 Å². The molecule has 0 radical (unpaired) electrons. The van der Waals surface area contributed by atoms with E-state index >= 15 is 0 Å². The van der Waals surface area contributed by atoms with E-state index < -0.39 is 0 Å². The van der Waals surface area contributed by atoms with Crippen LogP contribution >= 0.6 is 23.0 Å². The average molecular weight is 416 g/mol. The third kappa shape index (κ3) is 4.25. The quantitative estimate of drug-likeness (QED) is 0.521. The zero-order valence-corrected chi connectivity index (χ0v) is 15.5. The molecule has 23 heavy (non-hydrogen) atoms. The fourth-order valence-corrected chi connectivity index (χ4v) is 3.31. The third-order valence-corrected chi connectivity index (χ3v) is 4.94. The summed E-state index contributed by atoms with van der Waals surface area (Å²) >= 11 is 1.96. The van der Waals surface area contributed by atoms with Gasteiger partial charge in [0.05, 0.1) is 0 Å². The number of hydrogen-bond donors (Lipinski definition) is 0. The van der Waals surface area contributed by atoms with Crippen LogP contribution in [0.25, 0.3) is 11.1 Å². The van der Waals surface area contributed by atoms with E-state index in [4.69, 9.17) is 3.07 Å². The van der Waals surface area contributed by atoms with Crippen LogP contribution in [0.5, 0.6) is 0 Å². The topological polar surface area (TPSA) is 9.23 Å². The summed E-state index contributed by atoms with van der Waals surface area (Å²) in [5.74, 6) is 1.59. The zero-order valence-electron chi connectivity index (χ0n) is 13.3. The van der Waals surface area contributed by atoms with Gasteiger partial charge in [-0.25, -0.2) is 0 Å². The van der Waals surface area contributed by atoms with E-state index in [0.717, 1.165) is 25.0 Å². The minimum Gasteiger partial charge on any atom is -0.432 e. The fraction of sp³-hybridized carbons (Fsp3) is 0.238. The molecule has 0 saturated carbocycles. The molecule has 1 aliphatic carbocycles. The Balaban J connectivity index is 1.67. The highest BCUT2D eigenvalue weighted by Crippen LogP contribution is 2.26. The second-order valence-corrected chi connectivity index (χ2v) is 6.45. The van der Waals surface area contributed by atoms with Gasteiger partial charge in [-0.15, -0.1) is 0 Å². The minimum atomic E-state index is 0.527. The molecule has 0 N–H and O–H groups in total. The summed E-state index contributed by atoms with van der Waals surface area (Å²) in [4.78, 5) is 0. The molecule has 0 bridgehead atoms. The zero-order chi connectivity index (χ0) is 16.1. The summed E-state index contributed by atoms with van der Waals surface area (Å²) in [6.45, 7) is 2.19. The highest BCUT2D eigenvalue weighted by atomic mass is 127. The monoisotopic (exact) mass is 416 g/mol. The Morgan fingerprint density at radius 2 is 1.57 bits per heavy atom. The molecule has 0 amide bonds. The molecule has 2 aromatic carbocycles. The second kappa shape index (κ2) is 7.82. The van der Waals surface area contributed by atoms with Crippen molar-refractivity contribution in [3.8, 4) is 11.1 Å². The number of rotatable bonds is 5. The van der Waals surface area contributed by atoms with Crippen LogP contribution in [0, 0.1) is 5.92 Å². The smallest absolute Gasteiger partial charge is 0.192 e. The van der Waals surface area contributed by atoms with E-state index in [-0.39, 0.29) is 0 Å². The lowest BCUT2D eigenvalue weighted by Crippen LogP contribution is -2.06. The van der Waals surface area contributed by atoms with E-state index in [0.29, 0.717) is 5.92 Å². The lowest BCUT2D eigenvalue weighted by atomic mass is 9.91. The first-order valence-electron chi connectivity index (χ1n) is 8.12. The van der Waals surface area contributed by atoms with Crippen molar-refractivity contribution in [1.29, 1.82) is 0 Å². The molecule has 3 rings (SSSR count). The van der Waals surface area contributed by atoms with Crippen LogP contribution in [0.3, 0.4) is 0 Å². The molecule has 0 aliphatic heterocycles. The van der Waals surface area contributed by atoms with Crippen molar-refractivity contribution in [3.05, 3.63) is 83.6 Å². The molecule has 1 atom stereocenters. The first kappa shape index (κ1) is 16.3. The van der Waals surface area contributed by atoms with Gasteiger partial charge in [0.2, 0.25) is 0 Å². The van der Waals surface area contributed by atoms with Gasteiger partial charge in [-0.05, 0) is 47.1 Å². The summed E-state index contributed by atoms with van der Waals surface area (Å²) in [5, 5.41) is 0. The number of hydrogen-bond acceptors (Lipinski definition) is 1. The Morgan fingerprint density at radius 3 is 2.13 bits per heavy atom. The van der Waals surface area contributed by atoms with Gasteiger partial charge >= 0.3 is 0 Å². The number of benzene rings is 2. The molecule has 0 spiro atoms. The summed E-state index contributed by atoms with van der Waals surface area (Å²) in [6.07, 6.45) is 9.56. The lowest BCUT2D eigenvalue weighted by Gasteiger charge is -2.17. The molecule has 118 valence electrons. The standard InChI is InChI=1S/C21H21IO/c1-2-16-6-10-19(11-7-16)20-12-8-17(9-13-20)14-18-4-3-5-21(15-18)23-22/h3-13,18H,2,14-15H2,1H3. The normalized spacial score (nSPS) is 17.0. The molecule has 0 aromatic heterocycles. The lowest BCUT2D eigenvalue weighted by molar-refractivity contribution is 0.471. The first-order valence-corrected chi connectivity index (χ1v) is 9.00. The van der Waals surface area contributed by atoms with Crippen molar-refractivity contribution >= 4 is 23.0 Å². The van der Waals surface area contributed by atoms with Gasteiger partial charge in [0.15, 0.2) is 23.0 Å². The van der Waals surface area contributed by atoms with Gasteiger partial charge in [0.25, 0.3) is 0 Å². The molecule has 1 nitrogen and oxygen atoms in total. The van der Waals surface area contributed by atoms with E-state index in [1.54, 1.807) is 0 Å². The maximum Gasteiger partial charge on any atom is 0.192 e. The number of aryl methyl sites for hydroxylation is 1. The molecular weight excluding hydrogens is 395 g/mol. The molecule has 1 unspecified atom stereocenters. The fourth-order valence-electron chi connectivity index (χ4n) is 2.98. The predicted octanol–water partition coefficient (Wildman–Crippen LogP) is 6.29. The summed E-state index contributed by atoms with van der Waals surface area (Å²) in [5.41, 5.74) is 5.33. The molecule has 0 saturated heterocycles. The van der Waals surface area contributed by atoms with Crippen LogP contribution < -0.4 is 0 Å². The van der Waals surface area contributed by atoms with E-state index in [1.807, 2.05) is 29.1 Å². The second-order valence-electron chi connectivity index (χ2n) is 6.01. The Kier molecular flexibility index (Phi) is 5.55. The predicted molar refractivity (Wildman–Crippen MR) is 105 cm³/mol. The van der Waals surface area contributed by atoms with Crippen LogP contribution in [-0.2, 0) is 15.9 Å². The van der Waals surface area contributed by atoms with Crippen molar-refractivity contribution in [2.45, 2.75) is 26.2 Å².